The molecule has 1 aromatic carbocycles. The van der Waals surface area contributed by atoms with Gasteiger partial charge in [0.05, 0.1) is 6.61 Å². The van der Waals surface area contributed by atoms with E-state index >= 15 is 0 Å². The van der Waals surface area contributed by atoms with E-state index in [0.717, 1.165) is 18.5 Å². The minimum absolute atomic E-state index is 0.175. The van der Waals surface area contributed by atoms with E-state index in [1.165, 1.54) is 0 Å². The number of benzene rings is 1. The summed E-state index contributed by atoms with van der Waals surface area (Å²) in [5.41, 5.74) is 0.337. The van der Waals surface area contributed by atoms with Gasteiger partial charge in [-0.3, -0.25) is 9.69 Å². The Labute approximate surface area is 121 Å². The van der Waals surface area contributed by atoms with Gasteiger partial charge in [0.15, 0.2) is 5.78 Å². The van der Waals surface area contributed by atoms with Crippen LogP contribution in [0.1, 0.15) is 37.6 Å². The van der Waals surface area contributed by atoms with Gasteiger partial charge in [0.2, 0.25) is 0 Å². The molecule has 0 saturated carbocycles. The van der Waals surface area contributed by atoms with Crippen molar-refractivity contribution in [1.82, 2.24) is 4.90 Å². The highest BCUT2D eigenvalue weighted by Gasteiger charge is 2.37. The number of aliphatic hydroxyl groups is 1. The Morgan fingerprint density at radius 2 is 2.00 bits per heavy atom. The van der Waals surface area contributed by atoms with Crippen LogP contribution >= 0.6 is 0 Å². The number of hydrogen-bond acceptors (Lipinski definition) is 3. The quantitative estimate of drug-likeness (QED) is 0.840. The van der Waals surface area contributed by atoms with Crippen LogP contribution in [0.4, 0.5) is 0 Å². The first-order chi connectivity index (χ1) is 9.45. The van der Waals surface area contributed by atoms with Gasteiger partial charge in [-0.15, -0.1) is 0 Å². The molecule has 0 bridgehead atoms. The van der Waals surface area contributed by atoms with Gasteiger partial charge in [0, 0.05) is 23.6 Å². The first-order valence-electron chi connectivity index (χ1n) is 7.40. The molecular weight excluding hydrogens is 250 g/mol. The monoisotopic (exact) mass is 275 g/mol. The third-order valence-corrected chi connectivity index (χ3v) is 4.43. The van der Waals surface area contributed by atoms with E-state index in [-0.39, 0.29) is 18.4 Å². The van der Waals surface area contributed by atoms with Crippen LogP contribution < -0.4 is 0 Å². The molecule has 3 nitrogen and oxygen atoms in total. The first kappa shape index (κ1) is 15.2. The van der Waals surface area contributed by atoms with Gasteiger partial charge in [-0.1, -0.05) is 51.1 Å². The lowest BCUT2D eigenvalue weighted by atomic mass is 9.83. The lowest BCUT2D eigenvalue weighted by Gasteiger charge is -2.33. The standard InChI is InChI=1S/C17H25NO2/c1-13-9-10-18(15(13)11-19)12-17(2,3)16(20)14-7-5-4-6-8-14/h4-8,13,15,19H,9-12H2,1-3H3. The molecule has 1 aliphatic rings. The predicted octanol–water partition coefficient (Wildman–Crippen LogP) is 2.60. The third-order valence-electron chi connectivity index (χ3n) is 4.43. The van der Waals surface area contributed by atoms with E-state index in [2.05, 4.69) is 11.8 Å². The van der Waals surface area contributed by atoms with Crippen LogP contribution in [0.2, 0.25) is 0 Å². The number of ketones is 1. The summed E-state index contributed by atoms with van der Waals surface area (Å²) in [6.45, 7) is 8.03. The SMILES string of the molecule is CC1CCN(CC(C)(C)C(=O)c2ccccc2)C1CO. The van der Waals surface area contributed by atoms with E-state index in [1.54, 1.807) is 0 Å². The average molecular weight is 275 g/mol. The predicted molar refractivity (Wildman–Crippen MR) is 80.8 cm³/mol. The maximum Gasteiger partial charge on any atom is 0.169 e. The molecule has 1 fully saturated rings. The zero-order valence-corrected chi connectivity index (χ0v) is 12.7. The Morgan fingerprint density at radius 3 is 2.60 bits per heavy atom. The Hall–Kier alpha value is -1.19. The molecule has 1 N–H and O–H groups in total. The van der Waals surface area contributed by atoms with Crippen LogP contribution in [0.5, 0.6) is 0 Å². The summed E-state index contributed by atoms with van der Waals surface area (Å²) < 4.78 is 0. The van der Waals surface area contributed by atoms with E-state index in [0.29, 0.717) is 12.5 Å². The van der Waals surface area contributed by atoms with E-state index in [4.69, 9.17) is 0 Å². The average Bonchev–Trinajstić information content (AvgIpc) is 2.78. The van der Waals surface area contributed by atoms with Crippen molar-refractivity contribution in [2.24, 2.45) is 11.3 Å². The maximum atomic E-state index is 12.6. The van der Waals surface area contributed by atoms with Crippen molar-refractivity contribution < 1.29 is 9.90 Å². The molecule has 2 unspecified atom stereocenters. The van der Waals surface area contributed by atoms with Crippen LogP contribution in [0, 0.1) is 11.3 Å². The molecule has 2 atom stereocenters. The molecule has 0 spiro atoms. The molecule has 0 radical (unpaired) electrons. The van der Waals surface area contributed by atoms with Crippen LogP contribution in [0.3, 0.4) is 0 Å². The minimum atomic E-state index is -0.432. The second-order valence-electron chi connectivity index (χ2n) is 6.57. The van der Waals surface area contributed by atoms with Gasteiger partial charge in [0.1, 0.15) is 0 Å². The second kappa shape index (κ2) is 6.06. The zero-order valence-electron chi connectivity index (χ0n) is 12.7. The highest BCUT2D eigenvalue weighted by molar-refractivity contribution is 6.00. The highest BCUT2D eigenvalue weighted by Crippen LogP contribution is 2.30. The second-order valence-corrected chi connectivity index (χ2v) is 6.57. The van der Waals surface area contributed by atoms with E-state index in [1.807, 2.05) is 44.2 Å². The fraction of sp³-hybridized carbons (Fsp3) is 0.588. The molecule has 20 heavy (non-hydrogen) atoms. The number of hydrogen-bond donors (Lipinski definition) is 1. The van der Waals surface area contributed by atoms with Crippen LogP contribution in [-0.4, -0.2) is 41.5 Å². The number of nitrogens with zero attached hydrogens (tertiary/aromatic N) is 1. The van der Waals surface area contributed by atoms with Crippen LogP contribution in [-0.2, 0) is 0 Å². The summed E-state index contributed by atoms with van der Waals surface area (Å²) in [5.74, 6) is 0.678. The summed E-state index contributed by atoms with van der Waals surface area (Å²) in [5, 5.41) is 9.53. The number of Topliss-reactive ketones (excluding diaryl/α,β-unsaturated/α-hetero) is 1. The molecule has 2 rings (SSSR count). The Bertz CT molecular complexity index is 455. The highest BCUT2D eigenvalue weighted by atomic mass is 16.3. The largest absolute Gasteiger partial charge is 0.395 e. The summed E-state index contributed by atoms with van der Waals surface area (Å²) in [6, 6.07) is 9.67. The first-order valence-corrected chi connectivity index (χ1v) is 7.40. The smallest absolute Gasteiger partial charge is 0.169 e. The normalized spacial score (nSPS) is 24.0. The topological polar surface area (TPSA) is 40.5 Å². The Kier molecular flexibility index (Phi) is 4.61. The molecular formula is C17H25NO2. The Balaban J connectivity index is 2.09. The summed E-state index contributed by atoms with van der Waals surface area (Å²) in [4.78, 5) is 14.9. The molecule has 3 heteroatoms. The molecule has 0 aromatic heterocycles. The van der Waals surface area contributed by atoms with Gasteiger partial charge in [-0.25, -0.2) is 0 Å². The van der Waals surface area contributed by atoms with E-state index in [9.17, 15) is 9.90 Å². The molecule has 0 aliphatic carbocycles. The third kappa shape index (κ3) is 3.10. The molecule has 110 valence electrons. The van der Waals surface area contributed by atoms with Crippen molar-refractivity contribution in [2.45, 2.75) is 33.2 Å². The van der Waals surface area contributed by atoms with Crippen molar-refractivity contribution in [3.63, 3.8) is 0 Å². The molecule has 0 amide bonds. The zero-order chi connectivity index (χ0) is 14.8. The fourth-order valence-electron chi connectivity index (χ4n) is 3.14. The van der Waals surface area contributed by atoms with Crippen molar-refractivity contribution in [3.05, 3.63) is 35.9 Å². The van der Waals surface area contributed by atoms with Gasteiger partial charge >= 0.3 is 0 Å². The van der Waals surface area contributed by atoms with Crippen LogP contribution in [0.25, 0.3) is 0 Å². The number of aliphatic hydroxyl groups excluding tert-OH is 1. The van der Waals surface area contributed by atoms with Crippen molar-refractivity contribution >= 4 is 5.78 Å². The summed E-state index contributed by atoms with van der Waals surface area (Å²) in [6.07, 6.45) is 1.10. The Morgan fingerprint density at radius 1 is 1.35 bits per heavy atom. The lowest BCUT2D eigenvalue weighted by molar-refractivity contribution is 0.0681. The lowest BCUT2D eigenvalue weighted by Crippen LogP contribution is -2.44. The number of likely N-dealkylation sites (tertiary alicyclic amines) is 1. The minimum Gasteiger partial charge on any atom is -0.395 e. The summed E-state index contributed by atoms with van der Waals surface area (Å²) >= 11 is 0. The summed E-state index contributed by atoms with van der Waals surface area (Å²) in [7, 11) is 0. The van der Waals surface area contributed by atoms with Crippen molar-refractivity contribution in [2.75, 3.05) is 19.7 Å². The molecule has 1 aliphatic heterocycles. The van der Waals surface area contributed by atoms with E-state index < -0.39 is 5.41 Å². The van der Waals surface area contributed by atoms with Gasteiger partial charge in [-0.05, 0) is 18.9 Å². The van der Waals surface area contributed by atoms with Crippen LogP contribution in [0.15, 0.2) is 30.3 Å². The maximum absolute atomic E-state index is 12.6. The molecule has 1 aromatic rings. The molecule has 1 heterocycles. The number of rotatable bonds is 5. The number of carbonyl (C=O) groups is 1. The number of carbonyl (C=O) groups excluding carboxylic acids is 1. The van der Waals surface area contributed by atoms with Crippen molar-refractivity contribution in [3.8, 4) is 0 Å². The van der Waals surface area contributed by atoms with Gasteiger partial charge in [0.25, 0.3) is 0 Å². The van der Waals surface area contributed by atoms with Gasteiger partial charge < -0.3 is 5.11 Å². The fourth-order valence-corrected chi connectivity index (χ4v) is 3.14. The van der Waals surface area contributed by atoms with Crippen molar-refractivity contribution in [1.29, 1.82) is 0 Å². The van der Waals surface area contributed by atoms with Gasteiger partial charge in [-0.2, -0.15) is 0 Å². The molecule has 1 saturated heterocycles.